The average molecular weight is 273 g/mol. The molecule has 0 heterocycles. The lowest BCUT2D eigenvalue weighted by Gasteiger charge is -2.29. The van der Waals surface area contributed by atoms with Crippen LogP contribution in [0.1, 0.15) is 25.8 Å². The fourth-order valence-corrected chi connectivity index (χ4v) is 1.74. The van der Waals surface area contributed by atoms with Gasteiger partial charge in [0, 0.05) is 11.8 Å². The SMILES string of the molecule is CCC(C)(CO)Nc1cc(Cl)c([N+](=O)[O-])cc1C. The molecule has 0 aliphatic rings. The van der Waals surface area contributed by atoms with Crippen LogP contribution in [-0.4, -0.2) is 22.2 Å². The molecule has 0 fully saturated rings. The summed E-state index contributed by atoms with van der Waals surface area (Å²) in [4.78, 5) is 10.2. The summed E-state index contributed by atoms with van der Waals surface area (Å²) < 4.78 is 0. The maximum absolute atomic E-state index is 10.7. The molecule has 0 amide bonds. The van der Waals surface area contributed by atoms with Gasteiger partial charge in [0.25, 0.3) is 5.69 Å². The molecule has 1 rings (SSSR count). The van der Waals surface area contributed by atoms with Crippen LogP contribution in [0.2, 0.25) is 5.02 Å². The highest BCUT2D eigenvalue weighted by Gasteiger charge is 2.23. The van der Waals surface area contributed by atoms with Gasteiger partial charge < -0.3 is 10.4 Å². The quantitative estimate of drug-likeness (QED) is 0.638. The number of halogens is 1. The van der Waals surface area contributed by atoms with Crippen molar-refractivity contribution in [2.24, 2.45) is 0 Å². The molecule has 1 atom stereocenters. The zero-order chi connectivity index (χ0) is 13.9. The number of nitro benzene ring substituents is 1. The van der Waals surface area contributed by atoms with E-state index in [2.05, 4.69) is 5.32 Å². The molecule has 1 aromatic carbocycles. The highest BCUT2D eigenvalue weighted by atomic mass is 35.5. The van der Waals surface area contributed by atoms with Crippen molar-refractivity contribution < 1.29 is 10.0 Å². The molecule has 0 bridgehead atoms. The number of anilines is 1. The van der Waals surface area contributed by atoms with Gasteiger partial charge in [-0.15, -0.1) is 0 Å². The van der Waals surface area contributed by atoms with Gasteiger partial charge in [-0.25, -0.2) is 0 Å². The van der Waals surface area contributed by atoms with Crippen LogP contribution in [0.15, 0.2) is 12.1 Å². The largest absolute Gasteiger partial charge is 0.394 e. The first kappa shape index (κ1) is 14.7. The summed E-state index contributed by atoms with van der Waals surface area (Å²) in [6.45, 7) is 5.56. The number of nitrogens with one attached hydrogen (secondary N) is 1. The van der Waals surface area contributed by atoms with Gasteiger partial charge in [0.15, 0.2) is 0 Å². The molecule has 0 radical (unpaired) electrons. The lowest BCUT2D eigenvalue weighted by Crippen LogP contribution is -2.38. The van der Waals surface area contributed by atoms with Crippen molar-refractivity contribution in [3.8, 4) is 0 Å². The number of nitrogens with zero attached hydrogens (tertiary/aromatic N) is 1. The average Bonchev–Trinajstić information content (AvgIpc) is 2.32. The fraction of sp³-hybridized carbons (Fsp3) is 0.500. The Morgan fingerprint density at radius 1 is 1.56 bits per heavy atom. The van der Waals surface area contributed by atoms with E-state index in [0.29, 0.717) is 5.69 Å². The summed E-state index contributed by atoms with van der Waals surface area (Å²) in [6.07, 6.45) is 0.720. The predicted molar refractivity (Wildman–Crippen MR) is 72.2 cm³/mol. The number of aliphatic hydroxyl groups excluding tert-OH is 1. The van der Waals surface area contributed by atoms with Gasteiger partial charge in [-0.3, -0.25) is 10.1 Å². The second-order valence-corrected chi connectivity index (χ2v) is 4.98. The Hall–Kier alpha value is -1.33. The number of hydrogen-bond acceptors (Lipinski definition) is 4. The summed E-state index contributed by atoms with van der Waals surface area (Å²) in [5.74, 6) is 0. The van der Waals surface area contributed by atoms with E-state index < -0.39 is 10.5 Å². The third-order valence-corrected chi connectivity index (χ3v) is 3.36. The molecule has 1 aromatic rings. The van der Waals surface area contributed by atoms with E-state index in [1.807, 2.05) is 13.8 Å². The summed E-state index contributed by atoms with van der Waals surface area (Å²) in [6, 6.07) is 2.96. The molecule has 100 valence electrons. The van der Waals surface area contributed by atoms with Crippen LogP contribution >= 0.6 is 11.6 Å². The van der Waals surface area contributed by atoms with Crippen molar-refractivity contribution >= 4 is 23.0 Å². The summed E-state index contributed by atoms with van der Waals surface area (Å²) in [7, 11) is 0. The van der Waals surface area contributed by atoms with Gasteiger partial charge in [-0.05, 0) is 31.9 Å². The Labute approximate surface area is 111 Å². The first-order valence-corrected chi connectivity index (χ1v) is 6.04. The Morgan fingerprint density at radius 2 is 2.17 bits per heavy atom. The van der Waals surface area contributed by atoms with Crippen molar-refractivity contribution in [1.29, 1.82) is 0 Å². The van der Waals surface area contributed by atoms with Gasteiger partial charge >= 0.3 is 0 Å². The number of hydrogen-bond donors (Lipinski definition) is 2. The maximum Gasteiger partial charge on any atom is 0.288 e. The number of benzene rings is 1. The van der Waals surface area contributed by atoms with Crippen LogP contribution in [0.4, 0.5) is 11.4 Å². The van der Waals surface area contributed by atoms with Crippen molar-refractivity contribution in [1.82, 2.24) is 0 Å². The van der Waals surface area contributed by atoms with Gasteiger partial charge in [0.05, 0.1) is 17.1 Å². The summed E-state index contributed by atoms with van der Waals surface area (Å²) in [5.41, 5.74) is 0.842. The minimum absolute atomic E-state index is 0.0302. The molecule has 0 aliphatic carbocycles. The number of nitro groups is 1. The van der Waals surface area contributed by atoms with E-state index in [4.69, 9.17) is 11.6 Å². The van der Waals surface area contributed by atoms with Crippen molar-refractivity contribution in [2.75, 3.05) is 11.9 Å². The predicted octanol–water partition coefficient (Wildman–Crippen LogP) is 3.13. The third kappa shape index (κ3) is 3.11. The second-order valence-electron chi connectivity index (χ2n) is 4.57. The normalized spacial score (nSPS) is 14.1. The molecule has 6 heteroatoms. The van der Waals surface area contributed by atoms with E-state index in [-0.39, 0.29) is 17.3 Å². The Morgan fingerprint density at radius 3 is 2.61 bits per heavy atom. The van der Waals surface area contributed by atoms with E-state index >= 15 is 0 Å². The van der Waals surface area contributed by atoms with Crippen LogP contribution in [-0.2, 0) is 0 Å². The van der Waals surface area contributed by atoms with Crippen LogP contribution < -0.4 is 5.32 Å². The highest BCUT2D eigenvalue weighted by molar-refractivity contribution is 6.33. The Bertz CT molecular complexity index is 459. The monoisotopic (exact) mass is 272 g/mol. The first-order chi connectivity index (χ1) is 8.33. The van der Waals surface area contributed by atoms with Crippen molar-refractivity contribution in [3.05, 3.63) is 32.8 Å². The lowest BCUT2D eigenvalue weighted by atomic mass is 9.99. The lowest BCUT2D eigenvalue weighted by molar-refractivity contribution is -0.384. The van der Waals surface area contributed by atoms with Crippen LogP contribution in [0.5, 0.6) is 0 Å². The second kappa shape index (κ2) is 5.54. The van der Waals surface area contributed by atoms with Crippen molar-refractivity contribution in [2.45, 2.75) is 32.7 Å². The minimum atomic E-state index is -0.510. The van der Waals surface area contributed by atoms with Gasteiger partial charge in [-0.1, -0.05) is 18.5 Å². The molecule has 5 nitrogen and oxygen atoms in total. The first-order valence-electron chi connectivity index (χ1n) is 5.66. The van der Waals surface area contributed by atoms with Crippen LogP contribution in [0.3, 0.4) is 0 Å². The molecule has 0 aliphatic heterocycles. The zero-order valence-electron chi connectivity index (χ0n) is 10.7. The Kier molecular flexibility index (Phi) is 4.53. The van der Waals surface area contributed by atoms with E-state index in [9.17, 15) is 15.2 Å². The molecular weight excluding hydrogens is 256 g/mol. The molecule has 2 N–H and O–H groups in total. The third-order valence-electron chi connectivity index (χ3n) is 3.06. The van der Waals surface area contributed by atoms with Gasteiger partial charge in [-0.2, -0.15) is 0 Å². The smallest absolute Gasteiger partial charge is 0.288 e. The number of aryl methyl sites for hydroxylation is 1. The molecule has 0 aromatic heterocycles. The molecule has 0 saturated carbocycles. The molecule has 0 saturated heterocycles. The van der Waals surface area contributed by atoms with Crippen LogP contribution in [0.25, 0.3) is 0 Å². The Balaban J connectivity index is 3.12. The van der Waals surface area contributed by atoms with Gasteiger partial charge in [0.1, 0.15) is 5.02 Å². The topological polar surface area (TPSA) is 75.4 Å². The van der Waals surface area contributed by atoms with E-state index in [1.165, 1.54) is 12.1 Å². The number of rotatable bonds is 5. The van der Waals surface area contributed by atoms with E-state index in [0.717, 1.165) is 12.0 Å². The standard InChI is InChI=1S/C12H17ClN2O3/c1-4-12(3,7-16)14-10-6-9(13)11(15(17)18)5-8(10)2/h5-6,14,16H,4,7H2,1-3H3. The number of aliphatic hydroxyl groups is 1. The van der Waals surface area contributed by atoms with Crippen LogP contribution in [0, 0.1) is 17.0 Å². The molecule has 1 unspecified atom stereocenters. The zero-order valence-corrected chi connectivity index (χ0v) is 11.4. The maximum atomic E-state index is 10.7. The molecular formula is C12H17ClN2O3. The molecule has 18 heavy (non-hydrogen) atoms. The fourth-order valence-electron chi connectivity index (χ4n) is 1.51. The summed E-state index contributed by atoms with van der Waals surface area (Å²) in [5, 5.41) is 23.3. The van der Waals surface area contributed by atoms with Gasteiger partial charge in [0.2, 0.25) is 0 Å². The highest BCUT2D eigenvalue weighted by Crippen LogP contribution is 2.32. The molecule has 0 spiro atoms. The minimum Gasteiger partial charge on any atom is -0.394 e. The van der Waals surface area contributed by atoms with E-state index in [1.54, 1.807) is 6.92 Å². The van der Waals surface area contributed by atoms with Crippen molar-refractivity contribution in [3.63, 3.8) is 0 Å². The summed E-state index contributed by atoms with van der Waals surface area (Å²) >= 11 is 5.87.